The number of nitrogens with two attached hydrogens (primary N) is 1. The summed E-state index contributed by atoms with van der Waals surface area (Å²) in [5, 5.41) is 8.12. The van der Waals surface area contributed by atoms with Gasteiger partial charge in [0.1, 0.15) is 18.7 Å². The Hall–Kier alpha value is -1.85. The minimum absolute atomic E-state index is 0.597. The fraction of sp³-hybridized carbons (Fsp3) is 0.375. The molecule has 2 rings (SSSR count). The summed E-state index contributed by atoms with van der Waals surface area (Å²) in [7, 11) is 1.85. The first-order valence-corrected chi connectivity index (χ1v) is 4.29. The molecular formula is C8H12N6. The number of nitrogen functional groups attached to an aromatic ring is 1. The van der Waals surface area contributed by atoms with Crippen LogP contribution in [0.15, 0.2) is 12.5 Å². The van der Waals surface area contributed by atoms with E-state index in [1.165, 1.54) is 6.33 Å². The molecule has 0 unspecified atom stereocenters. The van der Waals surface area contributed by atoms with E-state index in [1.807, 2.05) is 14.0 Å². The molecular weight excluding hydrogens is 180 g/mol. The Morgan fingerprint density at radius 2 is 2.21 bits per heavy atom. The standard InChI is InChI=1S/C8H12N6/c1-6-7(9)3-11-14(6)4-8-10-5-12-13(8)2/h3,5H,4,9H2,1-2H3. The Morgan fingerprint density at radius 3 is 2.71 bits per heavy atom. The van der Waals surface area contributed by atoms with Crippen molar-refractivity contribution in [3.05, 3.63) is 24.0 Å². The number of hydrogen-bond acceptors (Lipinski definition) is 4. The molecule has 2 aromatic rings. The van der Waals surface area contributed by atoms with Crippen LogP contribution in [-0.2, 0) is 13.6 Å². The van der Waals surface area contributed by atoms with Crippen molar-refractivity contribution in [2.24, 2.45) is 7.05 Å². The Balaban J connectivity index is 2.27. The molecule has 0 bridgehead atoms. The lowest BCUT2D eigenvalue weighted by Crippen LogP contribution is -2.09. The predicted octanol–water partition coefficient (Wildman–Crippen LogP) is -0.0495. The van der Waals surface area contributed by atoms with Crippen molar-refractivity contribution >= 4 is 5.69 Å². The van der Waals surface area contributed by atoms with Crippen molar-refractivity contribution < 1.29 is 0 Å². The van der Waals surface area contributed by atoms with Crippen LogP contribution in [0.4, 0.5) is 5.69 Å². The van der Waals surface area contributed by atoms with Crippen LogP contribution in [0, 0.1) is 6.92 Å². The third kappa shape index (κ3) is 1.34. The molecule has 0 amide bonds. The second-order valence-electron chi connectivity index (χ2n) is 3.14. The van der Waals surface area contributed by atoms with Gasteiger partial charge < -0.3 is 5.73 Å². The second kappa shape index (κ2) is 3.13. The van der Waals surface area contributed by atoms with Crippen LogP contribution in [0.3, 0.4) is 0 Å². The first kappa shape index (κ1) is 8.74. The number of anilines is 1. The van der Waals surface area contributed by atoms with E-state index in [0.717, 1.165) is 11.5 Å². The lowest BCUT2D eigenvalue weighted by atomic mass is 10.4. The Morgan fingerprint density at radius 1 is 1.43 bits per heavy atom. The molecule has 0 atom stereocenters. The maximum absolute atomic E-state index is 5.68. The van der Waals surface area contributed by atoms with E-state index in [-0.39, 0.29) is 0 Å². The minimum Gasteiger partial charge on any atom is -0.396 e. The quantitative estimate of drug-likeness (QED) is 0.724. The van der Waals surface area contributed by atoms with Gasteiger partial charge in [-0.3, -0.25) is 9.36 Å². The largest absolute Gasteiger partial charge is 0.396 e. The first-order chi connectivity index (χ1) is 6.68. The maximum Gasteiger partial charge on any atom is 0.148 e. The van der Waals surface area contributed by atoms with E-state index in [1.54, 1.807) is 15.6 Å². The summed E-state index contributed by atoms with van der Waals surface area (Å²) in [4.78, 5) is 4.11. The second-order valence-corrected chi connectivity index (χ2v) is 3.14. The highest BCUT2D eigenvalue weighted by molar-refractivity contribution is 5.39. The van der Waals surface area contributed by atoms with E-state index in [2.05, 4.69) is 15.2 Å². The molecule has 6 heteroatoms. The van der Waals surface area contributed by atoms with Gasteiger partial charge in [0.05, 0.1) is 17.6 Å². The van der Waals surface area contributed by atoms with Crippen LogP contribution in [0.25, 0.3) is 0 Å². The average molecular weight is 192 g/mol. The fourth-order valence-corrected chi connectivity index (χ4v) is 1.22. The van der Waals surface area contributed by atoms with Crippen molar-refractivity contribution in [2.75, 3.05) is 5.73 Å². The van der Waals surface area contributed by atoms with Crippen molar-refractivity contribution in [3.8, 4) is 0 Å². The lowest BCUT2D eigenvalue weighted by Gasteiger charge is -2.03. The van der Waals surface area contributed by atoms with Crippen LogP contribution >= 0.6 is 0 Å². The number of nitrogens with zero attached hydrogens (tertiary/aromatic N) is 5. The molecule has 14 heavy (non-hydrogen) atoms. The highest BCUT2D eigenvalue weighted by atomic mass is 15.4. The molecule has 0 saturated heterocycles. The molecule has 2 N–H and O–H groups in total. The Labute approximate surface area is 81.4 Å². The van der Waals surface area contributed by atoms with Crippen LogP contribution < -0.4 is 5.73 Å². The van der Waals surface area contributed by atoms with Crippen molar-refractivity contribution in [3.63, 3.8) is 0 Å². The van der Waals surface area contributed by atoms with E-state index < -0.39 is 0 Å². The lowest BCUT2D eigenvalue weighted by molar-refractivity contribution is 0.596. The number of aromatic nitrogens is 5. The molecule has 0 fully saturated rings. The van der Waals surface area contributed by atoms with Gasteiger partial charge in [-0.2, -0.15) is 10.2 Å². The van der Waals surface area contributed by atoms with Gasteiger partial charge in [0, 0.05) is 7.05 Å². The summed E-state index contributed by atoms with van der Waals surface area (Å²) < 4.78 is 3.52. The normalized spacial score (nSPS) is 10.7. The highest BCUT2D eigenvalue weighted by Crippen LogP contribution is 2.09. The van der Waals surface area contributed by atoms with Gasteiger partial charge in [-0.1, -0.05) is 0 Å². The minimum atomic E-state index is 0.597. The van der Waals surface area contributed by atoms with Gasteiger partial charge in [0.25, 0.3) is 0 Å². The van der Waals surface area contributed by atoms with Gasteiger partial charge in [0.2, 0.25) is 0 Å². The SMILES string of the molecule is Cc1c(N)cnn1Cc1ncnn1C. The van der Waals surface area contributed by atoms with E-state index in [4.69, 9.17) is 5.73 Å². The van der Waals surface area contributed by atoms with Crippen molar-refractivity contribution in [1.82, 2.24) is 24.5 Å². The molecule has 0 saturated carbocycles. The molecule has 6 nitrogen and oxygen atoms in total. The Bertz CT molecular complexity index is 440. The molecule has 74 valence electrons. The molecule has 0 aliphatic carbocycles. The summed E-state index contributed by atoms with van der Waals surface area (Å²) in [6.45, 7) is 2.53. The van der Waals surface area contributed by atoms with Crippen molar-refractivity contribution in [2.45, 2.75) is 13.5 Å². The summed E-state index contributed by atoms with van der Waals surface area (Å²) in [5.41, 5.74) is 7.33. The maximum atomic E-state index is 5.68. The van der Waals surface area contributed by atoms with Crippen LogP contribution in [-0.4, -0.2) is 24.5 Å². The van der Waals surface area contributed by atoms with Gasteiger partial charge >= 0.3 is 0 Å². The number of hydrogen-bond donors (Lipinski definition) is 1. The Kier molecular flexibility index (Phi) is 1.95. The summed E-state index contributed by atoms with van der Waals surface area (Å²) >= 11 is 0. The molecule has 0 aromatic carbocycles. The van der Waals surface area contributed by atoms with Crippen LogP contribution in [0.1, 0.15) is 11.5 Å². The zero-order chi connectivity index (χ0) is 10.1. The summed E-state index contributed by atoms with van der Waals surface area (Å²) in [6.07, 6.45) is 3.17. The van der Waals surface area contributed by atoms with Crippen LogP contribution in [0.2, 0.25) is 0 Å². The monoisotopic (exact) mass is 192 g/mol. The highest BCUT2D eigenvalue weighted by Gasteiger charge is 2.06. The summed E-state index contributed by atoms with van der Waals surface area (Å²) in [5.74, 6) is 0.858. The molecule has 0 radical (unpaired) electrons. The molecule has 0 spiro atoms. The zero-order valence-corrected chi connectivity index (χ0v) is 8.18. The summed E-state index contributed by atoms with van der Waals surface area (Å²) in [6, 6.07) is 0. The zero-order valence-electron chi connectivity index (χ0n) is 8.18. The smallest absolute Gasteiger partial charge is 0.148 e. The van der Waals surface area contributed by atoms with Crippen LogP contribution in [0.5, 0.6) is 0 Å². The topological polar surface area (TPSA) is 74.6 Å². The molecule has 2 heterocycles. The third-order valence-corrected chi connectivity index (χ3v) is 2.24. The number of aryl methyl sites for hydroxylation is 1. The van der Waals surface area contributed by atoms with E-state index in [9.17, 15) is 0 Å². The number of rotatable bonds is 2. The predicted molar refractivity (Wildman–Crippen MR) is 51.5 cm³/mol. The van der Waals surface area contributed by atoms with Gasteiger partial charge in [-0.15, -0.1) is 0 Å². The average Bonchev–Trinajstić information content (AvgIpc) is 2.68. The van der Waals surface area contributed by atoms with E-state index >= 15 is 0 Å². The molecule has 2 aromatic heterocycles. The van der Waals surface area contributed by atoms with Gasteiger partial charge in [-0.25, -0.2) is 4.98 Å². The van der Waals surface area contributed by atoms with Crippen molar-refractivity contribution in [1.29, 1.82) is 0 Å². The fourth-order valence-electron chi connectivity index (χ4n) is 1.22. The third-order valence-electron chi connectivity index (χ3n) is 2.24. The van der Waals surface area contributed by atoms with Gasteiger partial charge in [-0.05, 0) is 6.92 Å². The van der Waals surface area contributed by atoms with E-state index in [0.29, 0.717) is 12.2 Å². The first-order valence-electron chi connectivity index (χ1n) is 4.29. The molecule has 0 aliphatic rings. The van der Waals surface area contributed by atoms with Gasteiger partial charge in [0.15, 0.2) is 0 Å². The molecule has 0 aliphatic heterocycles.